The van der Waals surface area contributed by atoms with E-state index in [2.05, 4.69) is 4.98 Å². The van der Waals surface area contributed by atoms with Gasteiger partial charge in [-0.2, -0.15) is 4.31 Å². The van der Waals surface area contributed by atoms with Gasteiger partial charge in [-0.1, -0.05) is 0 Å². The van der Waals surface area contributed by atoms with Crippen LogP contribution in [0.15, 0.2) is 35.4 Å². The molecular weight excluding hydrogens is 422 g/mol. The number of likely N-dealkylation sites (tertiary alicyclic amines) is 1. The zero-order valence-electron chi connectivity index (χ0n) is 17.7. The van der Waals surface area contributed by atoms with Crippen LogP contribution >= 0.6 is 0 Å². The summed E-state index contributed by atoms with van der Waals surface area (Å²) in [6, 6.07) is 6.78. The maximum absolute atomic E-state index is 13.3. The molecule has 1 aromatic heterocycles. The third kappa shape index (κ3) is 4.15. The van der Waals surface area contributed by atoms with Gasteiger partial charge in [0.05, 0.1) is 33.5 Å². The first kappa shape index (κ1) is 21.7. The minimum atomic E-state index is -3.67. The maximum Gasteiger partial charge on any atom is 0.270 e. The number of hydrogen-bond acceptors (Lipinski definition) is 6. The first-order chi connectivity index (χ1) is 15.0. The summed E-state index contributed by atoms with van der Waals surface area (Å²) in [5.41, 5.74) is 1.13. The van der Waals surface area contributed by atoms with Gasteiger partial charge in [0, 0.05) is 31.4 Å². The Balaban J connectivity index is 1.59. The number of carbonyl (C=O) groups is 1. The maximum atomic E-state index is 13.3. The monoisotopic (exact) mass is 449 g/mol. The normalized spacial score (nSPS) is 20.1. The Kier molecular flexibility index (Phi) is 6.22. The van der Waals surface area contributed by atoms with Crippen molar-refractivity contribution in [3.63, 3.8) is 0 Å². The van der Waals surface area contributed by atoms with Crippen molar-refractivity contribution in [3.8, 4) is 11.5 Å². The third-order valence-electron chi connectivity index (χ3n) is 5.80. The number of carbonyl (C=O) groups excluding carboxylic acids is 1. The molecule has 9 nitrogen and oxygen atoms in total. The molecule has 1 unspecified atom stereocenters. The molecule has 2 saturated heterocycles. The summed E-state index contributed by atoms with van der Waals surface area (Å²) in [6.45, 7) is 1.93. The topological polar surface area (TPSA) is 101 Å². The average Bonchev–Trinajstić information content (AvgIpc) is 3.49. The van der Waals surface area contributed by atoms with Gasteiger partial charge in [-0.25, -0.2) is 8.42 Å². The van der Waals surface area contributed by atoms with Crippen molar-refractivity contribution in [1.29, 1.82) is 0 Å². The van der Waals surface area contributed by atoms with Crippen molar-refractivity contribution in [2.24, 2.45) is 0 Å². The lowest BCUT2D eigenvalue weighted by atomic mass is 10.0. The Morgan fingerprint density at radius 2 is 1.90 bits per heavy atom. The fourth-order valence-corrected chi connectivity index (χ4v) is 5.57. The molecule has 168 valence electrons. The van der Waals surface area contributed by atoms with Crippen molar-refractivity contribution in [3.05, 3.63) is 41.7 Å². The van der Waals surface area contributed by atoms with E-state index in [4.69, 9.17) is 14.2 Å². The zero-order chi connectivity index (χ0) is 22.0. The van der Waals surface area contributed by atoms with Crippen molar-refractivity contribution in [2.75, 3.05) is 47.1 Å². The Hall–Kier alpha value is -2.56. The number of H-pyrrole nitrogens is 1. The standard InChI is InChI=1S/C21H27N3O6S/c1-28-15-5-6-20(29-2)17(12-15)19-4-3-7-24(19)21(25)18-13-16(14-22-18)31(26,27)23-8-10-30-11-9-23/h5-6,12-14,19,22H,3-4,7-11H2,1-2H3. The lowest BCUT2D eigenvalue weighted by Crippen LogP contribution is -2.40. The molecule has 0 saturated carbocycles. The van der Waals surface area contributed by atoms with E-state index in [-0.39, 0.29) is 22.5 Å². The van der Waals surface area contributed by atoms with Crippen molar-refractivity contribution in [1.82, 2.24) is 14.2 Å². The summed E-state index contributed by atoms with van der Waals surface area (Å²) in [6.07, 6.45) is 3.01. The van der Waals surface area contributed by atoms with Crippen molar-refractivity contribution >= 4 is 15.9 Å². The summed E-state index contributed by atoms with van der Waals surface area (Å²) in [5.74, 6) is 1.14. The van der Waals surface area contributed by atoms with Gasteiger partial charge in [0.1, 0.15) is 22.1 Å². The Bertz CT molecular complexity index is 1050. The minimum Gasteiger partial charge on any atom is -0.497 e. The molecule has 4 rings (SSSR count). The van der Waals surface area contributed by atoms with Crippen LogP contribution in [-0.4, -0.2) is 75.6 Å². The van der Waals surface area contributed by atoms with Crippen LogP contribution in [0.25, 0.3) is 0 Å². The van der Waals surface area contributed by atoms with E-state index in [1.807, 2.05) is 18.2 Å². The van der Waals surface area contributed by atoms with Crippen LogP contribution in [0.1, 0.15) is 34.9 Å². The van der Waals surface area contributed by atoms with Gasteiger partial charge in [-0.3, -0.25) is 4.79 Å². The van der Waals surface area contributed by atoms with Crippen LogP contribution in [0.5, 0.6) is 11.5 Å². The molecule has 0 aliphatic carbocycles. The van der Waals surface area contributed by atoms with Gasteiger partial charge < -0.3 is 24.1 Å². The van der Waals surface area contributed by atoms with Gasteiger partial charge in [0.25, 0.3) is 5.91 Å². The highest BCUT2D eigenvalue weighted by atomic mass is 32.2. The smallest absolute Gasteiger partial charge is 0.270 e. The van der Waals surface area contributed by atoms with E-state index in [1.54, 1.807) is 19.1 Å². The van der Waals surface area contributed by atoms with Crippen LogP contribution in [0.2, 0.25) is 0 Å². The first-order valence-corrected chi connectivity index (χ1v) is 11.7. The lowest BCUT2D eigenvalue weighted by Gasteiger charge is -2.26. The third-order valence-corrected chi connectivity index (χ3v) is 7.68. The lowest BCUT2D eigenvalue weighted by molar-refractivity contribution is 0.0726. The number of morpholine rings is 1. The second kappa shape index (κ2) is 8.89. The Morgan fingerprint density at radius 1 is 1.13 bits per heavy atom. The van der Waals surface area contributed by atoms with E-state index >= 15 is 0 Å². The summed E-state index contributed by atoms with van der Waals surface area (Å²) >= 11 is 0. The van der Waals surface area contributed by atoms with E-state index in [0.717, 1.165) is 18.4 Å². The second-order valence-corrected chi connectivity index (χ2v) is 9.47. The predicted octanol–water partition coefficient (Wildman–Crippen LogP) is 2.03. The van der Waals surface area contributed by atoms with E-state index < -0.39 is 10.0 Å². The first-order valence-electron chi connectivity index (χ1n) is 10.2. The number of rotatable bonds is 6. The summed E-state index contributed by atoms with van der Waals surface area (Å²) < 4.78 is 43.2. The minimum absolute atomic E-state index is 0.0902. The number of nitrogens with zero attached hydrogens (tertiary/aromatic N) is 2. The number of aromatic amines is 1. The molecule has 3 heterocycles. The van der Waals surface area contributed by atoms with Gasteiger partial charge in [0.2, 0.25) is 10.0 Å². The van der Waals surface area contributed by atoms with Crippen LogP contribution in [-0.2, 0) is 14.8 Å². The molecule has 1 N–H and O–H groups in total. The highest BCUT2D eigenvalue weighted by Crippen LogP contribution is 2.39. The molecule has 2 aromatic rings. The molecule has 1 atom stereocenters. The number of nitrogens with one attached hydrogen (secondary N) is 1. The number of methoxy groups -OCH3 is 2. The number of hydrogen-bond donors (Lipinski definition) is 1. The highest BCUT2D eigenvalue weighted by Gasteiger charge is 2.34. The van der Waals surface area contributed by atoms with Crippen molar-refractivity contribution in [2.45, 2.75) is 23.8 Å². The van der Waals surface area contributed by atoms with Crippen LogP contribution in [0, 0.1) is 0 Å². The van der Waals surface area contributed by atoms with E-state index in [9.17, 15) is 13.2 Å². The number of ether oxygens (including phenoxy) is 3. The molecule has 0 spiro atoms. The van der Waals surface area contributed by atoms with Crippen molar-refractivity contribution < 1.29 is 27.4 Å². The van der Waals surface area contributed by atoms with Gasteiger partial charge >= 0.3 is 0 Å². The van der Waals surface area contributed by atoms with E-state index in [1.165, 1.54) is 16.6 Å². The average molecular weight is 450 g/mol. The summed E-state index contributed by atoms with van der Waals surface area (Å²) in [7, 11) is -0.476. The molecule has 1 aromatic carbocycles. The molecular formula is C21H27N3O6S. The number of sulfonamides is 1. The Labute approximate surface area is 181 Å². The summed E-state index contributed by atoms with van der Waals surface area (Å²) in [4.78, 5) is 18.0. The molecule has 0 bridgehead atoms. The zero-order valence-corrected chi connectivity index (χ0v) is 18.5. The largest absolute Gasteiger partial charge is 0.497 e. The molecule has 2 fully saturated rings. The molecule has 10 heteroatoms. The predicted molar refractivity (Wildman–Crippen MR) is 113 cm³/mol. The Morgan fingerprint density at radius 3 is 2.61 bits per heavy atom. The molecule has 1 amide bonds. The second-order valence-electron chi connectivity index (χ2n) is 7.53. The SMILES string of the molecule is COc1ccc(OC)c(C2CCCN2C(=O)c2cc(S(=O)(=O)N3CCOCC3)c[nH]2)c1. The highest BCUT2D eigenvalue weighted by molar-refractivity contribution is 7.89. The number of benzene rings is 1. The van der Waals surface area contributed by atoms with Gasteiger partial charge in [0.15, 0.2) is 0 Å². The molecule has 2 aliphatic rings. The fraction of sp³-hybridized carbons (Fsp3) is 0.476. The van der Waals surface area contributed by atoms with Crippen LogP contribution in [0.3, 0.4) is 0 Å². The molecule has 31 heavy (non-hydrogen) atoms. The fourth-order valence-electron chi connectivity index (χ4n) is 4.17. The molecule has 2 aliphatic heterocycles. The van der Waals surface area contributed by atoms with E-state index in [0.29, 0.717) is 44.3 Å². The van der Waals surface area contributed by atoms with Gasteiger partial charge in [-0.15, -0.1) is 0 Å². The van der Waals surface area contributed by atoms with Gasteiger partial charge in [-0.05, 0) is 37.1 Å². The number of amides is 1. The van der Waals surface area contributed by atoms with Crippen LogP contribution in [0.4, 0.5) is 0 Å². The number of aromatic nitrogens is 1. The van der Waals surface area contributed by atoms with Crippen LogP contribution < -0.4 is 9.47 Å². The molecule has 0 radical (unpaired) electrons. The summed E-state index contributed by atoms with van der Waals surface area (Å²) in [5, 5.41) is 0. The quantitative estimate of drug-likeness (QED) is 0.724.